The molecule has 0 amide bonds. The molecule has 0 aromatic heterocycles. The van der Waals surface area contributed by atoms with E-state index in [0.717, 1.165) is 50.9 Å². The van der Waals surface area contributed by atoms with Crippen molar-refractivity contribution in [2.45, 2.75) is 84.5 Å². The fraction of sp³-hybridized carbons (Fsp3) is 0.421. The topological polar surface area (TPSA) is 55.6 Å². The first-order chi connectivity index (χ1) is 20.6. The van der Waals surface area contributed by atoms with Gasteiger partial charge in [0, 0.05) is 53.2 Å². The molecule has 0 bridgehead atoms. The second kappa shape index (κ2) is 12.4. The molecular weight excluding hydrogens is 530 g/mol. The van der Waals surface area contributed by atoms with Gasteiger partial charge < -0.3 is 15.3 Å². The first-order valence-electron chi connectivity index (χ1n) is 16.0. The Balaban J connectivity index is 1.56. The van der Waals surface area contributed by atoms with E-state index in [1.165, 1.54) is 45.1 Å². The molecule has 5 heteroatoms. The number of para-hydroxylation sites is 2. The number of aliphatic carboxylic acids is 1. The Morgan fingerprint density at radius 3 is 2.37 bits per heavy atom. The number of anilines is 1. The van der Waals surface area contributed by atoms with E-state index < -0.39 is 5.97 Å². The number of nitrogens with zero attached hydrogens (tertiary/aromatic N) is 2. The van der Waals surface area contributed by atoms with Crippen LogP contribution in [-0.2, 0) is 15.6 Å². The predicted octanol–water partition coefficient (Wildman–Crippen LogP) is 8.16. The number of hydrogen-bond donors (Lipinski definition) is 2. The quantitative estimate of drug-likeness (QED) is 0.279. The van der Waals surface area contributed by atoms with E-state index in [0.29, 0.717) is 0 Å². The molecule has 0 saturated carbocycles. The van der Waals surface area contributed by atoms with Gasteiger partial charge in [0.15, 0.2) is 5.71 Å². The van der Waals surface area contributed by atoms with Crippen LogP contribution >= 0.6 is 0 Å². The lowest BCUT2D eigenvalue weighted by Gasteiger charge is -2.27. The SMILES string of the molecule is CCCN1C(=CC=C2CCCC(C=CC3=[N+](CCC)c4ccccc4C3(C)C)=C2NCC(=O)O)C(C)(C)c2ccccc21. The van der Waals surface area contributed by atoms with Gasteiger partial charge >= 0.3 is 5.97 Å². The molecule has 0 radical (unpaired) electrons. The van der Waals surface area contributed by atoms with Gasteiger partial charge in [-0.2, -0.15) is 4.58 Å². The van der Waals surface area contributed by atoms with Crippen molar-refractivity contribution < 1.29 is 14.5 Å². The molecule has 2 heterocycles. The molecule has 2 aliphatic heterocycles. The van der Waals surface area contributed by atoms with Crippen LogP contribution in [0.2, 0.25) is 0 Å². The van der Waals surface area contributed by atoms with Gasteiger partial charge in [-0.3, -0.25) is 4.79 Å². The molecule has 43 heavy (non-hydrogen) atoms. The molecule has 2 N–H and O–H groups in total. The number of hydrogen-bond acceptors (Lipinski definition) is 3. The first-order valence-corrected chi connectivity index (χ1v) is 16.0. The predicted molar refractivity (Wildman–Crippen MR) is 178 cm³/mol. The second-order valence-electron chi connectivity index (χ2n) is 13.1. The lowest BCUT2D eigenvalue weighted by molar-refractivity contribution is -0.437. The van der Waals surface area contributed by atoms with Crippen LogP contribution < -0.4 is 10.2 Å². The largest absolute Gasteiger partial charge is 0.480 e. The summed E-state index contributed by atoms with van der Waals surface area (Å²) in [5, 5.41) is 12.9. The van der Waals surface area contributed by atoms with Crippen LogP contribution in [-0.4, -0.2) is 41.0 Å². The Morgan fingerprint density at radius 1 is 0.930 bits per heavy atom. The number of allylic oxidation sites excluding steroid dienone is 7. The maximum Gasteiger partial charge on any atom is 0.322 e. The van der Waals surface area contributed by atoms with Gasteiger partial charge in [-0.1, -0.05) is 76.2 Å². The summed E-state index contributed by atoms with van der Waals surface area (Å²) in [6, 6.07) is 17.5. The summed E-state index contributed by atoms with van der Waals surface area (Å²) in [5.74, 6) is -0.850. The molecule has 1 aliphatic carbocycles. The average molecular weight is 579 g/mol. The van der Waals surface area contributed by atoms with Crippen molar-refractivity contribution in [3.8, 4) is 0 Å². The Hall–Kier alpha value is -3.86. The zero-order valence-corrected chi connectivity index (χ0v) is 26.8. The van der Waals surface area contributed by atoms with Gasteiger partial charge in [-0.05, 0) is 68.4 Å². The third kappa shape index (κ3) is 5.74. The van der Waals surface area contributed by atoms with Gasteiger partial charge in [-0.25, -0.2) is 0 Å². The maximum absolute atomic E-state index is 11.7. The van der Waals surface area contributed by atoms with Crippen LogP contribution in [0.1, 0.15) is 84.8 Å². The monoisotopic (exact) mass is 578 g/mol. The third-order valence-electron chi connectivity index (χ3n) is 9.33. The standard InChI is InChI=1S/C38H47N3O2/c1-7-24-40-31-18-11-9-16-29(31)37(3,4)33(40)22-20-27-14-13-15-28(36(27)39-26-35(42)43)21-23-34-38(5,6)30-17-10-12-19-32(30)41(34)25-8-2/h9-12,16-23H,7-8,13-15,24-26H2,1-6H3,(H,42,43)/p+1. The molecule has 0 atom stereocenters. The van der Waals surface area contributed by atoms with Crippen LogP contribution in [0, 0.1) is 0 Å². The van der Waals surface area contributed by atoms with Crippen LogP contribution in [0.25, 0.3) is 0 Å². The number of fused-ring (bicyclic) bond motifs is 2. The summed E-state index contributed by atoms with van der Waals surface area (Å²) in [7, 11) is 0. The fourth-order valence-electron chi connectivity index (χ4n) is 7.22. The number of carboxylic acid groups (broad SMARTS) is 1. The van der Waals surface area contributed by atoms with Crippen molar-refractivity contribution in [2.75, 3.05) is 24.5 Å². The molecule has 0 fully saturated rings. The fourth-order valence-corrected chi connectivity index (χ4v) is 7.22. The van der Waals surface area contributed by atoms with Gasteiger partial charge in [-0.15, -0.1) is 0 Å². The van der Waals surface area contributed by atoms with Gasteiger partial charge in [0.1, 0.15) is 13.1 Å². The highest BCUT2D eigenvalue weighted by Crippen LogP contribution is 2.48. The number of nitrogens with one attached hydrogen (secondary N) is 1. The van der Waals surface area contributed by atoms with E-state index in [2.05, 4.69) is 129 Å². The normalized spacial score (nSPS) is 20.8. The maximum atomic E-state index is 11.7. The highest BCUT2D eigenvalue weighted by molar-refractivity contribution is 6.03. The molecule has 5 rings (SSSR count). The number of carbonyl (C=O) groups is 1. The van der Waals surface area contributed by atoms with Crippen LogP contribution in [0.4, 0.5) is 11.4 Å². The summed E-state index contributed by atoms with van der Waals surface area (Å²) < 4.78 is 2.46. The van der Waals surface area contributed by atoms with E-state index in [1.54, 1.807) is 0 Å². The van der Waals surface area contributed by atoms with Gasteiger partial charge in [0.2, 0.25) is 5.69 Å². The van der Waals surface area contributed by atoms with Crippen molar-refractivity contribution in [2.24, 2.45) is 0 Å². The molecule has 0 saturated heterocycles. The van der Waals surface area contributed by atoms with E-state index in [-0.39, 0.29) is 17.4 Å². The van der Waals surface area contributed by atoms with Crippen molar-refractivity contribution >= 4 is 23.1 Å². The highest BCUT2D eigenvalue weighted by Gasteiger charge is 2.44. The molecule has 2 aromatic carbocycles. The summed E-state index contributed by atoms with van der Waals surface area (Å²) in [6.07, 6.45) is 14.1. The van der Waals surface area contributed by atoms with Gasteiger partial charge in [0.05, 0.1) is 5.41 Å². The molecule has 226 valence electrons. The minimum absolute atomic E-state index is 0.102. The smallest absolute Gasteiger partial charge is 0.322 e. The zero-order chi connectivity index (χ0) is 30.8. The van der Waals surface area contributed by atoms with Crippen LogP contribution in [0.3, 0.4) is 0 Å². The summed E-state index contributed by atoms with van der Waals surface area (Å²) in [4.78, 5) is 14.2. The molecule has 5 nitrogen and oxygen atoms in total. The van der Waals surface area contributed by atoms with Crippen molar-refractivity contribution in [1.82, 2.24) is 5.32 Å². The molecule has 0 unspecified atom stereocenters. The van der Waals surface area contributed by atoms with E-state index in [1.807, 2.05) is 0 Å². The number of benzene rings is 2. The van der Waals surface area contributed by atoms with Crippen molar-refractivity contribution in [1.29, 1.82) is 0 Å². The van der Waals surface area contributed by atoms with Crippen LogP contribution in [0.15, 0.2) is 95.4 Å². The van der Waals surface area contributed by atoms with E-state index in [9.17, 15) is 9.90 Å². The molecule has 3 aliphatic rings. The molecular formula is C38H48N3O2+. The highest BCUT2D eigenvalue weighted by atomic mass is 16.4. The number of rotatable bonds is 10. The summed E-state index contributed by atoms with van der Waals surface area (Å²) in [5.41, 5.74) is 11.0. The van der Waals surface area contributed by atoms with Crippen LogP contribution in [0.5, 0.6) is 0 Å². The average Bonchev–Trinajstić information content (AvgIpc) is 3.33. The van der Waals surface area contributed by atoms with Gasteiger partial charge in [0.25, 0.3) is 0 Å². The Labute approximate surface area is 258 Å². The Bertz CT molecular complexity index is 1550. The Morgan fingerprint density at radius 2 is 1.65 bits per heavy atom. The molecule has 0 spiro atoms. The van der Waals surface area contributed by atoms with Crippen molar-refractivity contribution in [3.63, 3.8) is 0 Å². The Kier molecular flexibility index (Phi) is 8.82. The van der Waals surface area contributed by atoms with E-state index in [4.69, 9.17) is 0 Å². The second-order valence-corrected chi connectivity index (χ2v) is 13.1. The third-order valence-corrected chi connectivity index (χ3v) is 9.33. The summed E-state index contributed by atoms with van der Waals surface area (Å²) in [6.45, 7) is 15.5. The minimum Gasteiger partial charge on any atom is -0.480 e. The van der Waals surface area contributed by atoms with Crippen molar-refractivity contribution in [3.05, 3.63) is 107 Å². The molecule has 2 aromatic rings. The minimum atomic E-state index is -0.850. The summed E-state index contributed by atoms with van der Waals surface area (Å²) >= 11 is 0. The number of carboxylic acids is 1. The van der Waals surface area contributed by atoms with E-state index >= 15 is 0 Å². The lowest BCUT2D eigenvalue weighted by Crippen LogP contribution is -2.28. The zero-order valence-electron chi connectivity index (χ0n) is 26.8. The first kappa shape index (κ1) is 30.6. The lowest BCUT2D eigenvalue weighted by atomic mass is 9.81.